The second-order valence-corrected chi connectivity index (χ2v) is 4.98. The Kier molecular flexibility index (Phi) is 4.20. The van der Waals surface area contributed by atoms with Crippen LogP contribution in [0.25, 0.3) is 0 Å². The molecule has 3 heteroatoms. The predicted molar refractivity (Wildman–Crippen MR) is 80.9 cm³/mol. The van der Waals surface area contributed by atoms with Gasteiger partial charge < -0.3 is 10.4 Å². The van der Waals surface area contributed by atoms with E-state index in [-0.39, 0.29) is 5.91 Å². The van der Waals surface area contributed by atoms with Crippen LogP contribution >= 0.6 is 0 Å². The van der Waals surface area contributed by atoms with E-state index in [1.165, 1.54) is 0 Å². The molecule has 1 unspecified atom stereocenters. The molecule has 1 atom stereocenters. The minimum absolute atomic E-state index is 0.145. The fraction of sp³-hybridized carbons (Fsp3) is 0.235. The maximum Gasteiger partial charge on any atom is 0.256 e. The average Bonchev–Trinajstić information content (AvgIpc) is 2.38. The lowest BCUT2D eigenvalue weighted by atomic mass is 10.0. The molecule has 0 saturated carbocycles. The number of carbonyl (C=O) groups is 1. The molecule has 1 amide bonds. The summed E-state index contributed by atoms with van der Waals surface area (Å²) in [5, 5.41) is 12.6. The lowest BCUT2D eigenvalue weighted by Gasteiger charge is -2.15. The molecule has 0 fully saturated rings. The number of nitrogens with one attached hydrogen (secondary N) is 1. The third-order valence-corrected chi connectivity index (χ3v) is 3.37. The maximum absolute atomic E-state index is 12.4. The lowest BCUT2D eigenvalue weighted by Crippen LogP contribution is -2.16. The smallest absolute Gasteiger partial charge is 0.256 e. The molecular weight excluding hydrogens is 250 g/mol. The van der Waals surface area contributed by atoms with Gasteiger partial charge in [0.25, 0.3) is 5.91 Å². The Morgan fingerprint density at radius 3 is 2.25 bits per heavy atom. The molecule has 20 heavy (non-hydrogen) atoms. The van der Waals surface area contributed by atoms with Gasteiger partial charge in [0, 0.05) is 16.8 Å². The first-order valence-electron chi connectivity index (χ1n) is 6.65. The molecule has 0 radical (unpaired) electrons. The second-order valence-electron chi connectivity index (χ2n) is 4.98. The molecule has 2 rings (SSSR count). The van der Waals surface area contributed by atoms with Crippen molar-refractivity contribution in [3.05, 3.63) is 64.7 Å². The number of rotatable bonds is 3. The quantitative estimate of drug-likeness (QED) is 0.894. The molecule has 104 valence electrons. The minimum atomic E-state index is -0.621. The van der Waals surface area contributed by atoms with Gasteiger partial charge in [0.2, 0.25) is 0 Å². The summed E-state index contributed by atoms with van der Waals surface area (Å²) in [5.74, 6) is -0.145. The van der Waals surface area contributed by atoms with Gasteiger partial charge in [-0.25, -0.2) is 0 Å². The normalized spacial score (nSPS) is 12.0. The number of benzene rings is 2. The molecule has 0 heterocycles. The van der Waals surface area contributed by atoms with Crippen molar-refractivity contribution < 1.29 is 9.90 Å². The summed E-state index contributed by atoms with van der Waals surface area (Å²) in [5.41, 5.74) is 3.93. The summed E-state index contributed by atoms with van der Waals surface area (Å²) < 4.78 is 0. The Labute approximate surface area is 119 Å². The number of anilines is 1. The van der Waals surface area contributed by atoms with Crippen LogP contribution in [0, 0.1) is 13.8 Å². The predicted octanol–water partition coefficient (Wildman–Crippen LogP) is 3.61. The highest BCUT2D eigenvalue weighted by atomic mass is 16.3. The summed E-state index contributed by atoms with van der Waals surface area (Å²) in [6, 6.07) is 13.1. The summed E-state index contributed by atoms with van der Waals surface area (Å²) in [7, 11) is 0. The van der Waals surface area contributed by atoms with Gasteiger partial charge in [0.1, 0.15) is 0 Å². The number of hydrogen-bond donors (Lipinski definition) is 2. The molecule has 0 aliphatic rings. The number of aryl methyl sites for hydroxylation is 2. The summed E-state index contributed by atoms with van der Waals surface area (Å²) in [4.78, 5) is 12.4. The highest BCUT2D eigenvalue weighted by Crippen LogP contribution is 2.23. The van der Waals surface area contributed by atoms with Crippen molar-refractivity contribution in [2.75, 3.05) is 5.32 Å². The topological polar surface area (TPSA) is 49.3 Å². The van der Waals surface area contributed by atoms with Gasteiger partial charge in [0.05, 0.1) is 6.10 Å². The van der Waals surface area contributed by atoms with E-state index in [1.54, 1.807) is 13.0 Å². The zero-order valence-corrected chi connectivity index (χ0v) is 12.0. The van der Waals surface area contributed by atoms with Crippen molar-refractivity contribution in [2.45, 2.75) is 26.9 Å². The second kappa shape index (κ2) is 5.88. The number of aliphatic hydroxyl groups excluding tert-OH is 1. The fourth-order valence-corrected chi connectivity index (χ4v) is 2.33. The van der Waals surface area contributed by atoms with Crippen LogP contribution in [0.5, 0.6) is 0 Å². The van der Waals surface area contributed by atoms with Gasteiger partial charge in [-0.2, -0.15) is 0 Å². The van der Waals surface area contributed by atoms with Gasteiger partial charge in [0.15, 0.2) is 0 Å². The van der Waals surface area contributed by atoms with E-state index in [0.717, 1.165) is 11.1 Å². The van der Waals surface area contributed by atoms with Crippen molar-refractivity contribution >= 4 is 11.6 Å². The number of carbonyl (C=O) groups excluding carboxylic acids is 1. The molecule has 0 bridgehead atoms. The van der Waals surface area contributed by atoms with Crippen molar-refractivity contribution in [2.24, 2.45) is 0 Å². The third-order valence-electron chi connectivity index (χ3n) is 3.37. The number of para-hydroxylation sites is 1. The van der Waals surface area contributed by atoms with E-state index in [1.807, 2.05) is 50.2 Å². The Morgan fingerprint density at radius 1 is 1.05 bits per heavy atom. The Balaban J connectivity index is 2.33. The van der Waals surface area contributed by atoms with Crippen molar-refractivity contribution in [3.8, 4) is 0 Å². The van der Waals surface area contributed by atoms with E-state index in [9.17, 15) is 9.90 Å². The van der Waals surface area contributed by atoms with E-state index in [2.05, 4.69) is 5.32 Å². The zero-order valence-electron chi connectivity index (χ0n) is 12.0. The highest BCUT2D eigenvalue weighted by molar-refractivity contribution is 6.06. The number of hydrogen-bond acceptors (Lipinski definition) is 2. The standard InChI is InChI=1S/C17H19NO2/c1-11-7-6-8-12(2)16(11)17(20)18-15-10-5-4-9-14(15)13(3)19/h4-10,13,19H,1-3H3,(H,18,20). The average molecular weight is 269 g/mol. The van der Waals surface area contributed by atoms with Crippen LogP contribution in [-0.2, 0) is 0 Å². The first-order valence-corrected chi connectivity index (χ1v) is 6.65. The Hall–Kier alpha value is -2.13. The molecule has 0 saturated heterocycles. The van der Waals surface area contributed by atoms with E-state index in [4.69, 9.17) is 0 Å². The molecule has 0 aliphatic heterocycles. The van der Waals surface area contributed by atoms with E-state index < -0.39 is 6.10 Å². The largest absolute Gasteiger partial charge is 0.389 e. The summed E-state index contributed by atoms with van der Waals surface area (Å²) in [6.45, 7) is 5.52. The van der Waals surface area contributed by atoms with Gasteiger partial charge >= 0.3 is 0 Å². The maximum atomic E-state index is 12.4. The molecule has 0 aliphatic carbocycles. The van der Waals surface area contributed by atoms with E-state index >= 15 is 0 Å². The van der Waals surface area contributed by atoms with Crippen LogP contribution in [0.2, 0.25) is 0 Å². The van der Waals surface area contributed by atoms with Gasteiger partial charge in [-0.1, -0.05) is 36.4 Å². The molecule has 0 aromatic heterocycles. The van der Waals surface area contributed by atoms with E-state index in [0.29, 0.717) is 16.8 Å². The monoisotopic (exact) mass is 269 g/mol. The van der Waals surface area contributed by atoms with Crippen LogP contribution < -0.4 is 5.32 Å². The van der Waals surface area contributed by atoms with Crippen LogP contribution in [0.15, 0.2) is 42.5 Å². The number of aliphatic hydroxyl groups is 1. The molecule has 2 aromatic rings. The number of amides is 1. The molecule has 3 nitrogen and oxygen atoms in total. The van der Waals surface area contributed by atoms with Gasteiger partial charge in [-0.05, 0) is 38.0 Å². The summed E-state index contributed by atoms with van der Waals surface area (Å²) in [6.07, 6.45) is -0.621. The van der Waals surface area contributed by atoms with Crippen LogP contribution in [0.1, 0.15) is 40.1 Å². The lowest BCUT2D eigenvalue weighted by molar-refractivity contribution is 0.102. The van der Waals surface area contributed by atoms with Gasteiger partial charge in [-0.15, -0.1) is 0 Å². The molecule has 2 aromatic carbocycles. The summed E-state index contributed by atoms with van der Waals surface area (Å²) >= 11 is 0. The minimum Gasteiger partial charge on any atom is -0.389 e. The van der Waals surface area contributed by atoms with Crippen molar-refractivity contribution in [1.29, 1.82) is 0 Å². The molecule has 2 N–H and O–H groups in total. The van der Waals surface area contributed by atoms with Gasteiger partial charge in [-0.3, -0.25) is 4.79 Å². The highest BCUT2D eigenvalue weighted by Gasteiger charge is 2.14. The van der Waals surface area contributed by atoms with Crippen LogP contribution in [0.3, 0.4) is 0 Å². The third kappa shape index (κ3) is 2.89. The zero-order chi connectivity index (χ0) is 14.7. The first kappa shape index (κ1) is 14.3. The Bertz CT molecular complexity index is 612. The Morgan fingerprint density at radius 2 is 1.65 bits per heavy atom. The first-order chi connectivity index (χ1) is 9.50. The van der Waals surface area contributed by atoms with Crippen molar-refractivity contribution in [3.63, 3.8) is 0 Å². The molecular formula is C17H19NO2. The SMILES string of the molecule is Cc1cccc(C)c1C(=O)Nc1ccccc1C(C)O. The fourth-order valence-electron chi connectivity index (χ4n) is 2.33. The molecule has 0 spiro atoms. The van der Waals surface area contributed by atoms with Crippen LogP contribution in [0.4, 0.5) is 5.69 Å². The van der Waals surface area contributed by atoms with Crippen LogP contribution in [-0.4, -0.2) is 11.0 Å². The van der Waals surface area contributed by atoms with Crippen molar-refractivity contribution in [1.82, 2.24) is 0 Å².